The highest BCUT2D eigenvalue weighted by Gasteiger charge is 2.34. The second-order valence-corrected chi connectivity index (χ2v) is 11.6. The number of nitrogens with zero attached hydrogens (tertiary/aromatic N) is 3. The number of hydrogen-bond acceptors (Lipinski definition) is 5. The van der Waals surface area contributed by atoms with Gasteiger partial charge in [-0.1, -0.05) is 29.8 Å². The first kappa shape index (κ1) is 29.8. The third-order valence-corrected chi connectivity index (χ3v) is 8.52. The van der Waals surface area contributed by atoms with E-state index in [0.717, 1.165) is 29.9 Å². The van der Waals surface area contributed by atoms with Crippen LogP contribution in [0, 0.1) is 6.92 Å². The highest BCUT2D eigenvalue weighted by Crippen LogP contribution is 2.40. The van der Waals surface area contributed by atoms with Gasteiger partial charge in [-0.3, -0.25) is 14.4 Å². The molecule has 2 atom stereocenters. The molecule has 1 fully saturated rings. The molecule has 2 aliphatic heterocycles. The zero-order valence-electron chi connectivity index (χ0n) is 24.3. The topological polar surface area (TPSA) is 82.2 Å². The minimum Gasteiger partial charge on any atom is -0.380 e. The molecule has 0 radical (unpaired) electrons. The molecule has 0 saturated carbocycles. The number of nitrogens with one attached hydrogen (secondary N) is 1. The number of carbonyl (C=O) groups is 3. The van der Waals surface area contributed by atoms with E-state index in [-0.39, 0.29) is 29.7 Å². The molecule has 8 nitrogen and oxygen atoms in total. The Morgan fingerprint density at radius 2 is 1.69 bits per heavy atom. The smallest absolute Gasteiger partial charge is 0.258 e. The maximum absolute atomic E-state index is 13.9. The quantitative estimate of drug-likeness (QED) is 0.427. The number of anilines is 2. The van der Waals surface area contributed by atoms with Crippen molar-refractivity contribution >= 4 is 40.7 Å². The molecule has 3 aromatic rings. The lowest BCUT2D eigenvalue weighted by Gasteiger charge is -2.33. The Labute approximate surface area is 252 Å². The zero-order valence-corrected chi connectivity index (χ0v) is 25.1. The summed E-state index contributed by atoms with van der Waals surface area (Å²) in [5, 5.41) is 3.47. The fraction of sp³-hybridized carbons (Fsp3) is 0.364. The van der Waals surface area contributed by atoms with Crippen LogP contribution in [0.15, 0.2) is 66.7 Å². The summed E-state index contributed by atoms with van der Waals surface area (Å²) in [7, 11) is 3.71. The van der Waals surface area contributed by atoms with Crippen molar-refractivity contribution in [2.45, 2.75) is 31.8 Å². The van der Waals surface area contributed by atoms with Gasteiger partial charge in [0.1, 0.15) is 0 Å². The van der Waals surface area contributed by atoms with Crippen LogP contribution in [0.5, 0.6) is 0 Å². The van der Waals surface area contributed by atoms with Crippen LogP contribution in [0.3, 0.4) is 0 Å². The van der Waals surface area contributed by atoms with Crippen LogP contribution < -0.4 is 10.2 Å². The molecule has 2 aliphatic rings. The van der Waals surface area contributed by atoms with Crippen molar-refractivity contribution < 1.29 is 19.1 Å². The van der Waals surface area contributed by atoms with E-state index in [1.807, 2.05) is 42.2 Å². The van der Waals surface area contributed by atoms with Crippen LogP contribution in [-0.2, 0) is 9.53 Å². The standard InChI is InChI=1S/C33H37ClN4O4/c1-22-6-4-5-7-28(22)32(40)35-26-11-8-23(9-12-26)33(41)38-21-27(42-3)18-24(29-20-25(34)10-13-30(29)38)19-31(39)37-16-14-36(2)15-17-37/h4-13,20,24,27H,14-19,21H2,1-3H3,(H,35,40). The van der Waals surface area contributed by atoms with E-state index in [9.17, 15) is 14.4 Å². The summed E-state index contributed by atoms with van der Waals surface area (Å²) in [6.07, 6.45) is 0.656. The van der Waals surface area contributed by atoms with Gasteiger partial charge >= 0.3 is 0 Å². The van der Waals surface area contributed by atoms with Gasteiger partial charge in [-0.2, -0.15) is 0 Å². The molecule has 1 N–H and O–H groups in total. The molecule has 0 spiro atoms. The van der Waals surface area contributed by atoms with Crippen molar-refractivity contribution in [2.75, 3.05) is 57.1 Å². The molecule has 2 heterocycles. The molecule has 9 heteroatoms. The number of benzene rings is 3. The summed E-state index contributed by atoms with van der Waals surface area (Å²) < 4.78 is 5.83. The first-order chi connectivity index (χ1) is 20.2. The number of ether oxygens (including phenoxy) is 1. The Kier molecular flexibility index (Phi) is 9.26. The first-order valence-corrected chi connectivity index (χ1v) is 14.7. The van der Waals surface area contributed by atoms with E-state index in [4.69, 9.17) is 16.3 Å². The molecular formula is C33H37ClN4O4. The fourth-order valence-electron chi connectivity index (χ4n) is 5.75. The number of halogens is 1. The average molecular weight is 589 g/mol. The summed E-state index contributed by atoms with van der Waals surface area (Å²) in [6, 6.07) is 19.8. The largest absolute Gasteiger partial charge is 0.380 e. The number of fused-ring (bicyclic) bond motifs is 1. The number of hydrogen-bond donors (Lipinski definition) is 1. The predicted octanol–water partition coefficient (Wildman–Crippen LogP) is 5.21. The SMILES string of the molecule is COC1CC(CC(=O)N2CCN(C)CC2)c2cc(Cl)ccc2N(C(=O)c2ccc(NC(=O)c3ccccc3C)cc2)C1. The lowest BCUT2D eigenvalue weighted by molar-refractivity contribution is -0.133. The van der Waals surface area contributed by atoms with E-state index in [0.29, 0.717) is 54.3 Å². The summed E-state index contributed by atoms with van der Waals surface area (Å²) in [5.74, 6) is -0.432. The van der Waals surface area contributed by atoms with Gasteiger partial charge in [0.25, 0.3) is 11.8 Å². The number of likely N-dealkylation sites (N-methyl/N-ethyl adjacent to an activating group) is 1. The highest BCUT2D eigenvalue weighted by molar-refractivity contribution is 6.30. The Morgan fingerprint density at radius 1 is 0.976 bits per heavy atom. The zero-order chi connectivity index (χ0) is 29.8. The van der Waals surface area contributed by atoms with Gasteiger partial charge in [0.15, 0.2) is 0 Å². The van der Waals surface area contributed by atoms with Crippen LogP contribution in [0.4, 0.5) is 11.4 Å². The van der Waals surface area contributed by atoms with Gasteiger partial charge < -0.3 is 24.8 Å². The second-order valence-electron chi connectivity index (χ2n) is 11.1. The molecule has 0 bridgehead atoms. The van der Waals surface area contributed by atoms with Gasteiger partial charge in [0.05, 0.1) is 12.6 Å². The van der Waals surface area contributed by atoms with Gasteiger partial charge in [-0.15, -0.1) is 0 Å². The summed E-state index contributed by atoms with van der Waals surface area (Å²) in [5.41, 5.74) is 4.17. The van der Waals surface area contributed by atoms with E-state index in [1.165, 1.54) is 0 Å². The van der Waals surface area contributed by atoms with E-state index < -0.39 is 0 Å². The minimum atomic E-state index is -0.266. The van der Waals surface area contributed by atoms with Crippen LogP contribution in [-0.4, -0.2) is 80.5 Å². The number of aryl methyl sites for hydroxylation is 1. The van der Waals surface area contributed by atoms with Gasteiger partial charge in [0, 0.05) is 67.2 Å². The van der Waals surface area contributed by atoms with Gasteiger partial charge in [-0.25, -0.2) is 0 Å². The van der Waals surface area contributed by atoms with E-state index in [2.05, 4.69) is 17.3 Å². The van der Waals surface area contributed by atoms with Crippen molar-refractivity contribution in [1.29, 1.82) is 0 Å². The summed E-state index contributed by atoms with van der Waals surface area (Å²) >= 11 is 6.45. The van der Waals surface area contributed by atoms with Crippen molar-refractivity contribution in [2.24, 2.45) is 0 Å². The van der Waals surface area contributed by atoms with E-state index >= 15 is 0 Å². The molecule has 1 saturated heterocycles. The Morgan fingerprint density at radius 3 is 2.38 bits per heavy atom. The molecule has 42 heavy (non-hydrogen) atoms. The predicted molar refractivity (Wildman–Crippen MR) is 166 cm³/mol. The maximum Gasteiger partial charge on any atom is 0.258 e. The molecule has 5 rings (SSSR count). The van der Waals surface area contributed by atoms with E-state index in [1.54, 1.807) is 48.4 Å². The molecule has 0 aliphatic carbocycles. The van der Waals surface area contributed by atoms with Crippen LogP contribution in [0.2, 0.25) is 5.02 Å². The van der Waals surface area contributed by atoms with Crippen molar-refractivity contribution in [3.05, 3.63) is 94.0 Å². The normalized spacial score (nSPS) is 19.1. The van der Waals surface area contributed by atoms with Gasteiger partial charge in [0.2, 0.25) is 5.91 Å². The molecular weight excluding hydrogens is 552 g/mol. The Hall–Kier alpha value is -3.72. The molecule has 2 unspecified atom stereocenters. The molecule has 0 aromatic heterocycles. The average Bonchev–Trinajstić information content (AvgIpc) is 3.14. The number of rotatable bonds is 6. The lowest BCUT2D eigenvalue weighted by Crippen LogP contribution is -2.47. The van der Waals surface area contributed by atoms with Crippen LogP contribution in [0.1, 0.15) is 50.6 Å². The number of carbonyl (C=O) groups excluding carboxylic acids is 3. The van der Waals surface area contributed by atoms with Gasteiger partial charge in [-0.05, 0) is 86.0 Å². The molecule has 3 aromatic carbocycles. The molecule has 3 amide bonds. The van der Waals surface area contributed by atoms with Crippen LogP contribution in [0.25, 0.3) is 0 Å². The first-order valence-electron chi connectivity index (χ1n) is 14.3. The number of piperazine rings is 1. The van der Waals surface area contributed by atoms with Crippen molar-refractivity contribution in [3.63, 3.8) is 0 Å². The minimum absolute atomic E-state index is 0.108. The second kappa shape index (κ2) is 13.1. The van der Waals surface area contributed by atoms with Crippen molar-refractivity contribution in [3.8, 4) is 0 Å². The maximum atomic E-state index is 13.9. The van der Waals surface area contributed by atoms with Crippen LogP contribution >= 0.6 is 11.6 Å². The summed E-state index contributed by atoms with van der Waals surface area (Å²) in [4.78, 5) is 45.9. The third-order valence-electron chi connectivity index (χ3n) is 8.29. The Balaban J connectivity index is 1.37. The molecule has 220 valence electrons. The Bertz CT molecular complexity index is 1450. The third kappa shape index (κ3) is 6.67. The number of amides is 3. The van der Waals surface area contributed by atoms with Crippen molar-refractivity contribution in [1.82, 2.24) is 9.80 Å². The lowest BCUT2D eigenvalue weighted by atomic mass is 9.89. The number of methoxy groups -OCH3 is 1. The monoisotopic (exact) mass is 588 g/mol. The fourth-order valence-corrected chi connectivity index (χ4v) is 5.93. The summed E-state index contributed by atoms with van der Waals surface area (Å²) in [6.45, 7) is 5.37. The highest BCUT2D eigenvalue weighted by atomic mass is 35.5.